The summed E-state index contributed by atoms with van der Waals surface area (Å²) in [5.41, 5.74) is 2.55. The van der Waals surface area contributed by atoms with E-state index in [-0.39, 0.29) is 30.5 Å². The number of hydrogen-bond donors (Lipinski definition) is 1. The maximum absolute atomic E-state index is 12.7. The minimum absolute atomic E-state index is 0. The molecule has 2 atom stereocenters. The van der Waals surface area contributed by atoms with Gasteiger partial charge in [0.1, 0.15) is 6.10 Å². The molecule has 0 aromatic heterocycles. The van der Waals surface area contributed by atoms with Crippen LogP contribution in [0.1, 0.15) is 31.4 Å². The number of amides is 1. The molecule has 1 aromatic carbocycles. The average Bonchev–Trinajstić information content (AvgIpc) is 2.57. The molecule has 1 heterocycles. The fraction of sp³-hybridized carbons (Fsp3) is 0.611. The number of rotatable bonds is 6. The van der Waals surface area contributed by atoms with E-state index in [1.54, 1.807) is 0 Å². The van der Waals surface area contributed by atoms with E-state index >= 15 is 0 Å². The van der Waals surface area contributed by atoms with E-state index in [2.05, 4.69) is 43.4 Å². The highest BCUT2D eigenvalue weighted by atomic mass is 35.5. The molecule has 5 heteroatoms. The molecule has 130 valence electrons. The first-order valence-corrected chi connectivity index (χ1v) is 8.34. The number of hydrogen-bond acceptors (Lipinski definition) is 3. The largest absolute Gasteiger partial charge is 0.366 e. The Labute approximate surface area is 146 Å². The van der Waals surface area contributed by atoms with Crippen molar-refractivity contribution in [2.24, 2.45) is 0 Å². The van der Waals surface area contributed by atoms with Gasteiger partial charge in [-0.1, -0.05) is 36.8 Å². The molecule has 1 fully saturated rings. The SMILES string of the molecule is CCC(Cc1ccc(C)cc1)N(CC)C(=O)C1CNCCO1.Cl. The standard InChI is InChI=1S/C18H28N2O2.ClH/c1-4-16(12-15-8-6-14(3)7-9-15)20(5-2)18(21)17-13-19-10-11-22-17;/h6-9,16-17,19H,4-5,10-13H2,1-3H3;1H. The lowest BCUT2D eigenvalue weighted by atomic mass is 10.0. The van der Waals surface area contributed by atoms with Crippen LogP contribution < -0.4 is 5.32 Å². The van der Waals surface area contributed by atoms with Crippen molar-refractivity contribution < 1.29 is 9.53 Å². The van der Waals surface area contributed by atoms with Crippen LogP contribution in [0, 0.1) is 6.92 Å². The zero-order valence-electron chi connectivity index (χ0n) is 14.4. The van der Waals surface area contributed by atoms with Gasteiger partial charge < -0.3 is 15.0 Å². The van der Waals surface area contributed by atoms with Gasteiger partial charge in [0.05, 0.1) is 6.61 Å². The summed E-state index contributed by atoms with van der Waals surface area (Å²) in [7, 11) is 0. The van der Waals surface area contributed by atoms with Crippen LogP contribution >= 0.6 is 12.4 Å². The Bertz CT molecular complexity index is 472. The number of morpholine rings is 1. The molecule has 0 saturated carbocycles. The lowest BCUT2D eigenvalue weighted by Gasteiger charge is -2.34. The molecule has 1 aromatic rings. The van der Waals surface area contributed by atoms with Crippen molar-refractivity contribution in [3.8, 4) is 0 Å². The second-order valence-electron chi connectivity index (χ2n) is 5.94. The van der Waals surface area contributed by atoms with Crippen LogP contribution in [-0.2, 0) is 16.0 Å². The van der Waals surface area contributed by atoms with Gasteiger partial charge in [0.2, 0.25) is 0 Å². The first-order valence-electron chi connectivity index (χ1n) is 8.34. The van der Waals surface area contributed by atoms with Crippen molar-refractivity contribution in [3.63, 3.8) is 0 Å². The predicted molar refractivity (Wildman–Crippen MR) is 96.2 cm³/mol. The highest BCUT2D eigenvalue weighted by molar-refractivity contribution is 5.85. The number of carbonyl (C=O) groups is 1. The van der Waals surface area contributed by atoms with Crippen molar-refractivity contribution in [1.82, 2.24) is 10.2 Å². The smallest absolute Gasteiger partial charge is 0.253 e. The zero-order chi connectivity index (χ0) is 15.9. The molecule has 1 aliphatic heterocycles. The Morgan fingerprint density at radius 2 is 2.04 bits per heavy atom. The summed E-state index contributed by atoms with van der Waals surface area (Å²) in [6.07, 6.45) is 1.52. The van der Waals surface area contributed by atoms with Gasteiger partial charge in [-0.25, -0.2) is 0 Å². The van der Waals surface area contributed by atoms with E-state index in [1.165, 1.54) is 11.1 Å². The molecule has 0 bridgehead atoms. The Hall–Kier alpha value is -1.10. The van der Waals surface area contributed by atoms with E-state index in [9.17, 15) is 4.79 Å². The van der Waals surface area contributed by atoms with Crippen LogP contribution in [0.5, 0.6) is 0 Å². The number of nitrogens with zero attached hydrogens (tertiary/aromatic N) is 1. The molecule has 0 aliphatic carbocycles. The maximum atomic E-state index is 12.7. The normalized spacial score (nSPS) is 18.8. The van der Waals surface area contributed by atoms with E-state index in [1.807, 2.05) is 11.8 Å². The molecule has 4 nitrogen and oxygen atoms in total. The van der Waals surface area contributed by atoms with Crippen molar-refractivity contribution in [2.45, 2.75) is 45.8 Å². The maximum Gasteiger partial charge on any atom is 0.253 e. The molecule has 1 N–H and O–H groups in total. The molecule has 23 heavy (non-hydrogen) atoms. The van der Waals surface area contributed by atoms with Crippen LogP contribution in [0.25, 0.3) is 0 Å². The minimum atomic E-state index is -0.333. The Kier molecular flexibility index (Phi) is 8.59. The Morgan fingerprint density at radius 3 is 2.57 bits per heavy atom. The highest BCUT2D eigenvalue weighted by Gasteiger charge is 2.29. The number of halogens is 1. The fourth-order valence-corrected chi connectivity index (χ4v) is 2.97. The quantitative estimate of drug-likeness (QED) is 0.865. The summed E-state index contributed by atoms with van der Waals surface area (Å²) in [5, 5.41) is 3.24. The first kappa shape index (κ1) is 19.9. The summed E-state index contributed by atoms with van der Waals surface area (Å²) in [6, 6.07) is 8.82. The van der Waals surface area contributed by atoms with E-state index < -0.39 is 0 Å². The average molecular weight is 341 g/mol. The predicted octanol–water partition coefficient (Wildman–Crippen LogP) is 2.57. The monoisotopic (exact) mass is 340 g/mol. The lowest BCUT2D eigenvalue weighted by Crippen LogP contribution is -2.52. The van der Waals surface area contributed by atoms with Crippen LogP contribution in [0.2, 0.25) is 0 Å². The van der Waals surface area contributed by atoms with Crippen molar-refractivity contribution in [2.75, 3.05) is 26.2 Å². The summed E-state index contributed by atoms with van der Waals surface area (Å²) in [6.45, 7) is 9.08. The van der Waals surface area contributed by atoms with Gasteiger partial charge >= 0.3 is 0 Å². The van der Waals surface area contributed by atoms with Crippen molar-refractivity contribution in [1.29, 1.82) is 0 Å². The number of carbonyl (C=O) groups excluding carboxylic acids is 1. The van der Waals surface area contributed by atoms with Gasteiger partial charge in [0, 0.05) is 25.7 Å². The second kappa shape index (κ2) is 9.91. The van der Waals surface area contributed by atoms with E-state index in [0.29, 0.717) is 13.2 Å². The molecule has 0 radical (unpaired) electrons. The summed E-state index contributed by atoms with van der Waals surface area (Å²) < 4.78 is 5.63. The van der Waals surface area contributed by atoms with Crippen molar-refractivity contribution >= 4 is 18.3 Å². The van der Waals surface area contributed by atoms with Gasteiger partial charge in [0.15, 0.2) is 0 Å². The molecular weight excluding hydrogens is 312 g/mol. The number of aryl methyl sites for hydroxylation is 1. The van der Waals surface area contributed by atoms with Gasteiger partial charge in [-0.15, -0.1) is 12.4 Å². The fourth-order valence-electron chi connectivity index (χ4n) is 2.97. The third-order valence-corrected chi connectivity index (χ3v) is 4.33. The number of ether oxygens (including phenoxy) is 1. The van der Waals surface area contributed by atoms with Crippen LogP contribution in [0.4, 0.5) is 0 Å². The molecule has 1 aliphatic rings. The van der Waals surface area contributed by atoms with E-state index in [4.69, 9.17) is 4.74 Å². The third-order valence-electron chi connectivity index (χ3n) is 4.33. The molecule has 2 rings (SSSR count). The van der Waals surface area contributed by atoms with Gasteiger partial charge in [0.25, 0.3) is 5.91 Å². The molecule has 1 saturated heterocycles. The van der Waals surface area contributed by atoms with Crippen LogP contribution in [-0.4, -0.2) is 49.2 Å². The molecule has 2 unspecified atom stereocenters. The highest BCUT2D eigenvalue weighted by Crippen LogP contribution is 2.15. The Balaban J connectivity index is 0.00000264. The first-order chi connectivity index (χ1) is 10.7. The number of likely N-dealkylation sites (N-methyl/N-ethyl adjacent to an activating group) is 1. The molecule has 0 spiro atoms. The summed E-state index contributed by atoms with van der Waals surface area (Å²) >= 11 is 0. The van der Waals surface area contributed by atoms with Crippen LogP contribution in [0.15, 0.2) is 24.3 Å². The second-order valence-corrected chi connectivity index (χ2v) is 5.94. The van der Waals surface area contributed by atoms with Gasteiger partial charge in [-0.05, 0) is 32.3 Å². The van der Waals surface area contributed by atoms with Gasteiger partial charge in [-0.2, -0.15) is 0 Å². The Morgan fingerprint density at radius 1 is 1.35 bits per heavy atom. The number of benzene rings is 1. The zero-order valence-corrected chi connectivity index (χ0v) is 15.2. The van der Waals surface area contributed by atoms with Crippen molar-refractivity contribution in [3.05, 3.63) is 35.4 Å². The number of nitrogens with one attached hydrogen (secondary N) is 1. The summed E-state index contributed by atoms with van der Waals surface area (Å²) in [4.78, 5) is 14.7. The molecule has 1 amide bonds. The lowest BCUT2D eigenvalue weighted by molar-refractivity contribution is -0.147. The third kappa shape index (κ3) is 5.48. The van der Waals surface area contributed by atoms with Gasteiger partial charge in [-0.3, -0.25) is 4.79 Å². The molecular formula is C18H29ClN2O2. The summed E-state index contributed by atoms with van der Waals surface area (Å²) in [5.74, 6) is 0.119. The topological polar surface area (TPSA) is 41.6 Å². The van der Waals surface area contributed by atoms with Crippen LogP contribution in [0.3, 0.4) is 0 Å². The minimum Gasteiger partial charge on any atom is -0.366 e. The van der Waals surface area contributed by atoms with E-state index in [0.717, 1.165) is 25.9 Å².